The van der Waals surface area contributed by atoms with E-state index in [0.29, 0.717) is 5.95 Å². The van der Waals surface area contributed by atoms with E-state index in [1.165, 1.54) is 19.3 Å². The summed E-state index contributed by atoms with van der Waals surface area (Å²) in [5, 5.41) is 11.8. The van der Waals surface area contributed by atoms with Gasteiger partial charge in [-0.3, -0.25) is 0 Å². The van der Waals surface area contributed by atoms with Gasteiger partial charge < -0.3 is 11.1 Å². The average Bonchev–Trinajstić information content (AvgIpc) is 2.64. The quantitative estimate of drug-likeness (QED) is 0.813. The van der Waals surface area contributed by atoms with E-state index in [1.54, 1.807) is 0 Å². The Hall–Kier alpha value is -1.23. The van der Waals surface area contributed by atoms with Crippen LogP contribution >= 0.6 is 0 Å². The first kappa shape index (κ1) is 14.2. The molecule has 0 aliphatic heterocycles. The summed E-state index contributed by atoms with van der Waals surface area (Å²) in [5.41, 5.74) is 8.26. The molecule has 106 valence electrons. The van der Waals surface area contributed by atoms with E-state index < -0.39 is 0 Å². The summed E-state index contributed by atoms with van der Waals surface area (Å²) in [7, 11) is 0. The standard InChI is InChI=1S/C14H25N5/c1-3-11-12(4-2)18-19-14(16-11)17-13-9-7-5-6-8-10(13)15/h10,13H,3-9,15H2,1-2H3,(H,16,17,19). The molecule has 5 nitrogen and oxygen atoms in total. The second-order valence-electron chi connectivity index (χ2n) is 5.29. The summed E-state index contributed by atoms with van der Waals surface area (Å²) in [6.07, 6.45) is 7.69. The number of hydrogen-bond acceptors (Lipinski definition) is 5. The van der Waals surface area contributed by atoms with Crippen molar-refractivity contribution < 1.29 is 0 Å². The van der Waals surface area contributed by atoms with Gasteiger partial charge in [0.15, 0.2) is 0 Å². The minimum atomic E-state index is 0.196. The molecule has 1 heterocycles. The zero-order chi connectivity index (χ0) is 13.7. The molecule has 1 aliphatic carbocycles. The molecule has 0 aromatic carbocycles. The van der Waals surface area contributed by atoms with Gasteiger partial charge in [0.25, 0.3) is 0 Å². The molecule has 3 N–H and O–H groups in total. The maximum absolute atomic E-state index is 6.21. The lowest BCUT2D eigenvalue weighted by Gasteiger charge is -2.22. The van der Waals surface area contributed by atoms with Crippen molar-refractivity contribution >= 4 is 5.95 Å². The maximum atomic E-state index is 6.21. The highest BCUT2D eigenvalue weighted by molar-refractivity contribution is 5.28. The molecule has 19 heavy (non-hydrogen) atoms. The largest absolute Gasteiger partial charge is 0.349 e. The van der Waals surface area contributed by atoms with Gasteiger partial charge in [-0.05, 0) is 25.7 Å². The SMILES string of the molecule is CCc1nnc(NC2CCCCCC2N)nc1CC. The molecule has 1 aliphatic rings. The third-order valence-electron chi connectivity index (χ3n) is 3.89. The Labute approximate surface area is 115 Å². The van der Waals surface area contributed by atoms with Crippen molar-refractivity contribution in [3.8, 4) is 0 Å². The maximum Gasteiger partial charge on any atom is 0.243 e. The van der Waals surface area contributed by atoms with Gasteiger partial charge in [0.2, 0.25) is 5.95 Å². The van der Waals surface area contributed by atoms with Crippen LogP contribution in [-0.2, 0) is 12.8 Å². The lowest BCUT2D eigenvalue weighted by atomic mass is 10.0. The van der Waals surface area contributed by atoms with Crippen LogP contribution in [0.15, 0.2) is 0 Å². The molecule has 0 radical (unpaired) electrons. The number of rotatable bonds is 4. The van der Waals surface area contributed by atoms with Crippen LogP contribution in [-0.4, -0.2) is 27.3 Å². The predicted molar refractivity (Wildman–Crippen MR) is 77.1 cm³/mol. The molecule has 1 saturated carbocycles. The van der Waals surface area contributed by atoms with Crippen LogP contribution in [0.3, 0.4) is 0 Å². The van der Waals surface area contributed by atoms with Gasteiger partial charge in [0, 0.05) is 12.1 Å². The van der Waals surface area contributed by atoms with Gasteiger partial charge in [-0.25, -0.2) is 4.98 Å². The Morgan fingerprint density at radius 2 is 1.79 bits per heavy atom. The number of aromatic nitrogens is 3. The van der Waals surface area contributed by atoms with E-state index in [1.807, 2.05) is 0 Å². The second kappa shape index (κ2) is 6.80. The zero-order valence-electron chi connectivity index (χ0n) is 12.0. The van der Waals surface area contributed by atoms with Crippen LogP contribution in [0.25, 0.3) is 0 Å². The van der Waals surface area contributed by atoms with E-state index in [4.69, 9.17) is 5.73 Å². The predicted octanol–water partition coefficient (Wildman–Crippen LogP) is 2.07. The van der Waals surface area contributed by atoms with E-state index in [9.17, 15) is 0 Å². The fourth-order valence-electron chi connectivity index (χ4n) is 2.68. The molecule has 0 amide bonds. The van der Waals surface area contributed by atoms with Gasteiger partial charge in [0.1, 0.15) is 0 Å². The van der Waals surface area contributed by atoms with E-state index in [2.05, 4.69) is 34.3 Å². The first-order chi connectivity index (χ1) is 9.24. The Bertz CT molecular complexity index is 407. The van der Waals surface area contributed by atoms with Crippen LogP contribution in [0.2, 0.25) is 0 Å². The Morgan fingerprint density at radius 1 is 1.05 bits per heavy atom. The van der Waals surface area contributed by atoms with Crippen LogP contribution in [0.1, 0.15) is 57.3 Å². The van der Waals surface area contributed by atoms with E-state index in [0.717, 1.165) is 37.1 Å². The number of nitrogens with zero attached hydrogens (tertiary/aromatic N) is 3. The fraction of sp³-hybridized carbons (Fsp3) is 0.786. The summed E-state index contributed by atoms with van der Waals surface area (Å²) < 4.78 is 0. The van der Waals surface area contributed by atoms with E-state index in [-0.39, 0.29) is 12.1 Å². The number of hydrogen-bond donors (Lipinski definition) is 2. The van der Waals surface area contributed by atoms with Crippen LogP contribution < -0.4 is 11.1 Å². The molecule has 2 atom stereocenters. The molecule has 0 bridgehead atoms. The lowest BCUT2D eigenvalue weighted by Crippen LogP contribution is -2.39. The van der Waals surface area contributed by atoms with Gasteiger partial charge in [0.05, 0.1) is 11.4 Å². The second-order valence-corrected chi connectivity index (χ2v) is 5.29. The molecule has 1 aromatic heterocycles. The summed E-state index contributed by atoms with van der Waals surface area (Å²) >= 11 is 0. The first-order valence-corrected chi connectivity index (χ1v) is 7.49. The van der Waals surface area contributed by atoms with Crippen molar-refractivity contribution in [2.45, 2.75) is 70.9 Å². The van der Waals surface area contributed by atoms with Crippen molar-refractivity contribution in [2.24, 2.45) is 5.73 Å². The minimum absolute atomic E-state index is 0.196. The highest BCUT2D eigenvalue weighted by Gasteiger charge is 2.21. The number of nitrogens with one attached hydrogen (secondary N) is 1. The monoisotopic (exact) mass is 263 g/mol. The highest BCUT2D eigenvalue weighted by Crippen LogP contribution is 2.19. The topological polar surface area (TPSA) is 76.7 Å². The average molecular weight is 263 g/mol. The lowest BCUT2D eigenvalue weighted by molar-refractivity contribution is 0.524. The van der Waals surface area contributed by atoms with E-state index >= 15 is 0 Å². The van der Waals surface area contributed by atoms with Crippen LogP contribution in [0.4, 0.5) is 5.95 Å². The Morgan fingerprint density at radius 3 is 2.53 bits per heavy atom. The summed E-state index contributed by atoms with van der Waals surface area (Å²) in [6.45, 7) is 4.18. The molecular weight excluding hydrogens is 238 g/mol. The van der Waals surface area contributed by atoms with Crippen LogP contribution in [0.5, 0.6) is 0 Å². The van der Waals surface area contributed by atoms with Crippen molar-refractivity contribution in [3.63, 3.8) is 0 Å². The number of aryl methyl sites for hydroxylation is 2. The van der Waals surface area contributed by atoms with Gasteiger partial charge in [-0.2, -0.15) is 5.10 Å². The molecule has 5 heteroatoms. The molecule has 2 unspecified atom stereocenters. The third-order valence-corrected chi connectivity index (χ3v) is 3.89. The normalized spacial score (nSPS) is 23.9. The Kier molecular flexibility index (Phi) is 5.07. The molecule has 1 fully saturated rings. The van der Waals surface area contributed by atoms with Gasteiger partial charge in [-0.15, -0.1) is 5.10 Å². The first-order valence-electron chi connectivity index (χ1n) is 7.49. The highest BCUT2D eigenvalue weighted by atomic mass is 15.3. The van der Waals surface area contributed by atoms with Gasteiger partial charge in [-0.1, -0.05) is 33.1 Å². The summed E-state index contributed by atoms with van der Waals surface area (Å²) in [5.74, 6) is 0.636. The number of nitrogens with two attached hydrogens (primary N) is 1. The molecule has 1 aromatic rings. The summed E-state index contributed by atoms with van der Waals surface area (Å²) in [6, 6.07) is 0.475. The third kappa shape index (κ3) is 3.62. The number of anilines is 1. The zero-order valence-corrected chi connectivity index (χ0v) is 12.0. The van der Waals surface area contributed by atoms with Crippen molar-refractivity contribution in [1.29, 1.82) is 0 Å². The summed E-state index contributed by atoms with van der Waals surface area (Å²) in [4.78, 5) is 4.58. The van der Waals surface area contributed by atoms with Crippen LogP contribution in [0, 0.1) is 0 Å². The van der Waals surface area contributed by atoms with Crippen molar-refractivity contribution in [3.05, 3.63) is 11.4 Å². The van der Waals surface area contributed by atoms with Crippen molar-refractivity contribution in [1.82, 2.24) is 15.2 Å². The molecule has 2 rings (SSSR count). The smallest absolute Gasteiger partial charge is 0.243 e. The minimum Gasteiger partial charge on any atom is -0.349 e. The fourth-order valence-corrected chi connectivity index (χ4v) is 2.68. The molecule has 0 saturated heterocycles. The molecular formula is C14H25N5. The van der Waals surface area contributed by atoms with Crippen molar-refractivity contribution in [2.75, 3.05) is 5.32 Å². The van der Waals surface area contributed by atoms with Gasteiger partial charge >= 0.3 is 0 Å². The molecule has 0 spiro atoms. The Balaban J connectivity index is 2.09.